The summed E-state index contributed by atoms with van der Waals surface area (Å²) in [6.45, 7) is 3.22. The van der Waals surface area contributed by atoms with Crippen LogP contribution in [0.3, 0.4) is 0 Å². The molecule has 2 aliphatic rings. The summed E-state index contributed by atoms with van der Waals surface area (Å²) < 4.78 is 11.3. The first-order chi connectivity index (χ1) is 14.3. The molecule has 1 aromatic heterocycles. The first-order valence-electron chi connectivity index (χ1n) is 9.93. The summed E-state index contributed by atoms with van der Waals surface area (Å²) in [4.78, 5) is 16.9. The van der Waals surface area contributed by atoms with Crippen LogP contribution in [0, 0.1) is 0 Å². The molecule has 0 spiro atoms. The summed E-state index contributed by atoms with van der Waals surface area (Å²) in [5.74, 6) is 1.45. The Balaban J connectivity index is 1.35. The highest BCUT2D eigenvalue weighted by atomic mass is 32.1. The predicted molar refractivity (Wildman–Crippen MR) is 117 cm³/mol. The van der Waals surface area contributed by atoms with Gasteiger partial charge >= 0.3 is 0 Å². The van der Waals surface area contributed by atoms with Crippen molar-refractivity contribution in [2.75, 3.05) is 36.5 Å². The molecule has 0 unspecified atom stereocenters. The average molecular weight is 407 g/mol. The zero-order valence-corrected chi connectivity index (χ0v) is 16.8. The maximum absolute atomic E-state index is 12.9. The van der Waals surface area contributed by atoms with Gasteiger partial charge in [-0.1, -0.05) is 12.1 Å². The minimum atomic E-state index is -0.0783. The lowest BCUT2D eigenvalue weighted by Crippen LogP contribution is -2.20. The summed E-state index contributed by atoms with van der Waals surface area (Å²) >= 11 is 1.48. The molecular formula is C23H22N2O3S. The van der Waals surface area contributed by atoms with Crippen LogP contribution in [0.25, 0.3) is 10.4 Å². The quantitative estimate of drug-likeness (QED) is 0.660. The van der Waals surface area contributed by atoms with Crippen molar-refractivity contribution < 1.29 is 14.3 Å². The van der Waals surface area contributed by atoms with Crippen LogP contribution in [-0.4, -0.2) is 32.2 Å². The number of fused-ring (bicyclic) bond motifs is 1. The number of anilines is 2. The minimum absolute atomic E-state index is 0.0783. The van der Waals surface area contributed by atoms with Crippen LogP contribution in [0.1, 0.15) is 22.5 Å². The molecule has 0 saturated carbocycles. The number of benzene rings is 2. The standard InChI is InChI=1S/C23H22N2O3S/c26-23(24-17-5-1-2-6-18(17)25-11-3-4-12-25)22-10-9-21(29-22)16-7-8-19-20(15-16)28-14-13-27-19/h1-2,5-10,15H,3-4,11-14H2,(H,24,26). The Labute approximate surface area is 173 Å². The molecule has 3 aromatic rings. The molecule has 3 heterocycles. The molecule has 1 amide bonds. The lowest BCUT2D eigenvalue weighted by molar-refractivity contribution is 0.103. The number of amides is 1. The maximum atomic E-state index is 12.9. The molecule has 0 aliphatic carbocycles. The second-order valence-corrected chi connectivity index (χ2v) is 8.27. The largest absolute Gasteiger partial charge is 0.486 e. The monoisotopic (exact) mass is 406 g/mol. The van der Waals surface area contributed by atoms with Gasteiger partial charge in [-0.3, -0.25) is 4.79 Å². The summed E-state index contributed by atoms with van der Waals surface area (Å²) in [5.41, 5.74) is 2.99. The lowest BCUT2D eigenvalue weighted by Gasteiger charge is -2.21. The van der Waals surface area contributed by atoms with Crippen molar-refractivity contribution in [1.29, 1.82) is 0 Å². The zero-order valence-electron chi connectivity index (χ0n) is 16.0. The van der Waals surface area contributed by atoms with Gasteiger partial charge in [-0.15, -0.1) is 11.3 Å². The van der Waals surface area contributed by atoms with Gasteiger partial charge in [0.2, 0.25) is 0 Å². The second-order valence-electron chi connectivity index (χ2n) is 7.19. The fraction of sp³-hybridized carbons (Fsp3) is 0.261. The van der Waals surface area contributed by atoms with Crippen LogP contribution in [0.15, 0.2) is 54.6 Å². The number of para-hydroxylation sites is 2. The molecule has 1 saturated heterocycles. The van der Waals surface area contributed by atoms with Gasteiger partial charge in [0.1, 0.15) is 13.2 Å². The Morgan fingerprint density at radius 2 is 1.72 bits per heavy atom. The zero-order chi connectivity index (χ0) is 19.6. The molecule has 0 radical (unpaired) electrons. The van der Waals surface area contributed by atoms with Gasteiger partial charge in [0, 0.05) is 18.0 Å². The maximum Gasteiger partial charge on any atom is 0.265 e. The Morgan fingerprint density at radius 3 is 2.59 bits per heavy atom. The highest BCUT2D eigenvalue weighted by molar-refractivity contribution is 7.17. The third-order valence-electron chi connectivity index (χ3n) is 5.26. The van der Waals surface area contributed by atoms with Crippen molar-refractivity contribution in [3.05, 3.63) is 59.5 Å². The van der Waals surface area contributed by atoms with Gasteiger partial charge in [-0.05, 0) is 60.9 Å². The fourth-order valence-electron chi connectivity index (χ4n) is 3.81. The van der Waals surface area contributed by atoms with E-state index in [1.54, 1.807) is 0 Å². The van der Waals surface area contributed by atoms with E-state index < -0.39 is 0 Å². The van der Waals surface area contributed by atoms with Crippen molar-refractivity contribution in [2.24, 2.45) is 0 Å². The van der Waals surface area contributed by atoms with E-state index in [0.717, 1.165) is 46.4 Å². The molecule has 2 aromatic carbocycles. The number of ether oxygens (including phenoxy) is 2. The van der Waals surface area contributed by atoms with E-state index in [-0.39, 0.29) is 5.91 Å². The minimum Gasteiger partial charge on any atom is -0.486 e. The van der Waals surface area contributed by atoms with Gasteiger partial charge < -0.3 is 19.7 Å². The van der Waals surface area contributed by atoms with E-state index >= 15 is 0 Å². The molecule has 29 heavy (non-hydrogen) atoms. The van der Waals surface area contributed by atoms with E-state index in [2.05, 4.69) is 16.3 Å². The highest BCUT2D eigenvalue weighted by Crippen LogP contribution is 2.37. The Hall–Kier alpha value is -2.99. The van der Waals surface area contributed by atoms with Crippen molar-refractivity contribution in [3.8, 4) is 21.9 Å². The van der Waals surface area contributed by atoms with E-state index in [0.29, 0.717) is 18.1 Å². The molecular weight excluding hydrogens is 384 g/mol. The molecule has 6 heteroatoms. The first-order valence-corrected chi connectivity index (χ1v) is 10.7. The van der Waals surface area contributed by atoms with E-state index in [4.69, 9.17) is 9.47 Å². The van der Waals surface area contributed by atoms with Crippen LogP contribution in [0.2, 0.25) is 0 Å². The Kier molecular flexibility index (Phi) is 4.86. The molecule has 1 fully saturated rings. The van der Waals surface area contributed by atoms with Gasteiger partial charge in [0.25, 0.3) is 5.91 Å². The molecule has 1 N–H and O–H groups in total. The Bertz CT molecular complexity index is 1040. The number of nitrogens with zero attached hydrogens (tertiary/aromatic N) is 1. The van der Waals surface area contributed by atoms with Crippen molar-refractivity contribution in [3.63, 3.8) is 0 Å². The topological polar surface area (TPSA) is 50.8 Å². The smallest absolute Gasteiger partial charge is 0.265 e. The van der Waals surface area contributed by atoms with Crippen LogP contribution in [0.4, 0.5) is 11.4 Å². The number of carbonyl (C=O) groups is 1. The van der Waals surface area contributed by atoms with Crippen LogP contribution >= 0.6 is 11.3 Å². The van der Waals surface area contributed by atoms with Gasteiger partial charge in [0.15, 0.2) is 11.5 Å². The van der Waals surface area contributed by atoms with Crippen molar-refractivity contribution >= 4 is 28.6 Å². The molecule has 5 nitrogen and oxygen atoms in total. The molecule has 148 valence electrons. The lowest BCUT2D eigenvalue weighted by atomic mass is 10.1. The molecule has 0 bridgehead atoms. The molecule has 5 rings (SSSR count). The number of rotatable bonds is 4. The van der Waals surface area contributed by atoms with Crippen molar-refractivity contribution in [1.82, 2.24) is 0 Å². The normalized spacial score (nSPS) is 15.4. The molecule has 2 aliphatic heterocycles. The average Bonchev–Trinajstić information content (AvgIpc) is 3.46. The number of nitrogens with one attached hydrogen (secondary N) is 1. The van der Waals surface area contributed by atoms with Gasteiger partial charge in [-0.2, -0.15) is 0 Å². The number of thiophene rings is 1. The first kappa shape index (κ1) is 18.1. The third kappa shape index (κ3) is 3.68. The number of carbonyl (C=O) groups excluding carboxylic acids is 1. The second kappa shape index (κ2) is 7.79. The van der Waals surface area contributed by atoms with Gasteiger partial charge in [-0.25, -0.2) is 0 Å². The highest BCUT2D eigenvalue weighted by Gasteiger charge is 2.18. The summed E-state index contributed by atoms with van der Waals surface area (Å²) in [5, 5.41) is 3.10. The van der Waals surface area contributed by atoms with Gasteiger partial charge in [0.05, 0.1) is 16.3 Å². The number of hydrogen-bond donors (Lipinski definition) is 1. The summed E-state index contributed by atoms with van der Waals surface area (Å²) in [6, 6.07) is 17.8. The molecule has 0 atom stereocenters. The predicted octanol–water partition coefficient (Wildman–Crippen LogP) is 5.04. The van der Waals surface area contributed by atoms with E-state index in [1.807, 2.05) is 48.5 Å². The Morgan fingerprint density at radius 1 is 0.931 bits per heavy atom. The third-order valence-corrected chi connectivity index (χ3v) is 6.39. The van der Waals surface area contributed by atoms with Crippen molar-refractivity contribution in [2.45, 2.75) is 12.8 Å². The van der Waals surface area contributed by atoms with Crippen LogP contribution in [-0.2, 0) is 0 Å². The summed E-state index contributed by atoms with van der Waals surface area (Å²) in [7, 11) is 0. The number of hydrogen-bond acceptors (Lipinski definition) is 5. The van der Waals surface area contributed by atoms with E-state index in [9.17, 15) is 4.79 Å². The van der Waals surface area contributed by atoms with Crippen LogP contribution < -0.4 is 19.7 Å². The van der Waals surface area contributed by atoms with E-state index in [1.165, 1.54) is 24.2 Å². The summed E-state index contributed by atoms with van der Waals surface area (Å²) in [6.07, 6.45) is 2.40. The SMILES string of the molecule is O=C(Nc1ccccc1N1CCCC1)c1ccc(-c2ccc3c(c2)OCCO3)s1. The fourth-order valence-corrected chi connectivity index (χ4v) is 4.71. The van der Waals surface area contributed by atoms with Crippen LogP contribution in [0.5, 0.6) is 11.5 Å².